The van der Waals surface area contributed by atoms with Gasteiger partial charge in [0.2, 0.25) is 6.10 Å². The SMILES string of the molecule is C[C@H](OC(=O)[C@H](C)OC(=O)[C@H](CC(=O)OC1=CC[C@@]2(O)[C@@H]3Cc4ccc(O)c5c4[C@@]2(CCN3C)[C@H]1O5)OC(=O)[C@H](O)[C@@H](O)C(=O)O)C(=O)O. The molecule has 1 saturated heterocycles. The molecule has 6 N–H and O–H groups in total. The lowest BCUT2D eigenvalue weighted by molar-refractivity contribution is -0.188. The van der Waals surface area contributed by atoms with Crippen LogP contribution in [0.4, 0.5) is 0 Å². The Morgan fingerprint density at radius 3 is 2.29 bits per heavy atom. The lowest BCUT2D eigenvalue weighted by Crippen LogP contribution is -2.74. The van der Waals surface area contributed by atoms with Crippen LogP contribution in [0.15, 0.2) is 24.0 Å². The Hall–Kier alpha value is -4.78. The van der Waals surface area contributed by atoms with Crippen LogP contribution in [0, 0.1) is 0 Å². The topological polar surface area (TPSA) is 273 Å². The zero-order valence-corrected chi connectivity index (χ0v) is 26.4. The fourth-order valence-electron chi connectivity index (χ4n) is 7.03. The molecule has 5 rings (SSSR count). The third kappa shape index (κ3) is 5.94. The second-order valence-electron chi connectivity index (χ2n) is 12.4. The number of carboxylic acid groups (broad SMARTS) is 2. The molecule has 2 aliphatic heterocycles. The lowest BCUT2D eigenvalue weighted by Gasteiger charge is -2.61. The Morgan fingerprint density at radius 1 is 0.959 bits per heavy atom. The Bertz CT molecular complexity index is 1620. The number of benzene rings is 1. The van der Waals surface area contributed by atoms with Crippen LogP contribution in [0.3, 0.4) is 0 Å². The number of aliphatic carboxylic acids is 2. The van der Waals surface area contributed by atoms with Gasteiger partial charge in [0.25, 0.3) is 0 Å². The van der Waals surface area contributed by atoms with E-state index in [-0.39, 0.29) is 29.7 Å². The summed E-state index contributed by atoms with van der Waals surface area (Å²) in [5.74, 6) is -9.64. The number of aliphatic hydroxyl groups is 3. The molecule has 49 heavy (non-hydrogen) atoms. The zero-order chi connectivity index (χ0) is 36.2. The third-order valence-corrected chi connectivity index (χ3v) is 9.52. The summed E-state index contributed by atoms with van der Waals surface area (Å²) in [5.41, 5.74) is -1.09. The van der Waals surface area contributed by atoms with Crippen LogP contribution < -0.4 is 4.74 Å². The van der Waals surface area contributed by atoms with Crippen LogP contribution in [-0.4, -0.2) is 133 Å². The summed E-state index contributed by atoms with van der Waals surface area (Å²) >= 11 is 0. The minimum atomic E-state index is -2.71. The number of esters is 4. The molecule has 2 aliphatic carbocycles. The molecule has 0 unspecified atom stereocenters. The first-order chi connectivity index (χ1) is 22.9. The molecule has 0 aromatic heterocycles. The highest BCUT2D eigenvalue weighted by molar-refractivity contribution is 5.89. The van der Waals surface area contributed by atoms with Crippen LogP contribution in [0.2, 0.25) is 0 Å². The van der Waals surface area contributed by atoms with Crippen LogP contribution in [-0.2, 0) is 59.6 Å². The highest BCUT2D eigenvalue weighted by Gasteiger charge is 2.72. The number of aromatic hydroxyl groups is 1. The number of carbonyl (C=O) groups is 6. The van der Waals surface area contributed by atoms with Crippen molar-refractivity contribution in [2.45, 2.75) is 93.2 Å². The van der Waals surface area contributed by atoms with Crippen LogP contribution in [0.5, 0.6) is 11.5 Å². The minimum Gasteiger partial charge on any atom is -0.504 e. The van der Waals surface area contributed by atoms with Crippen molar-refractivity contribution in [2.75, 3.05) is 13.6 Å². The van der Waals surface area contributed by atoms with Gasteiger partial charge in [-0.3, -0.25) is 4.79 Å². The number of carboxylic acids is 2. The number of likely N-dealkylation sites (N-methyl/N-ethyl adjacent to an activating group) is 1. The number of piperidine rings is 1. The Kier molecular flexibility index (Phi) is 9.37. The average Bonchev–Trinajstić information content (AvgIpc) is 3.40. The van der Waals surface area contributed by atoms with Gasteiger partial charge in [-0.05, 0) is 58.0 Å². The molecule has 4 aliphatic rings. The highest BCUT2D eigenvalue weighted by atomic mass is 16.6. The van der Waals surface area contributed by atoms with Crippen molar-refractivity contribution < 1.29 is 83.1 Å². The van der Waals surface area contributed by atoms with Gasteiger partial charge < -0.3 is 59.2 Å². The molecule has 0 amide bonds. The molecule has 0 radical (unpaired) electrons. The quantitative estimate of drug-likeness (QED) is 0.105. The number of carbonyl (C=O) groups excluding carboxylic acids is 4. The number of hydrogen-bond acceptors (Lipinski definition) is 16. The summed E-state index contributed by atoms with van der Waals surface area (Å²) in [4.78, 5) is 75.2. The lowest BCUT2D eigenvalue weighted by atomic mass is 9.50. The van der Waals surface area contributed by atoms with E-state index in [4.69, 9.17) is 29.2 Å². The second-order valence-corrected chi connectivity index (χ2v) is 12.4. The van der Waals surface area contributed by atoms with Gasteiger partial charge in [0, 0.05) is 18.0 Å². The molecule has 18 heteroatoms. The predicted octanol–water partition coefficient (Wildman–Crippen LogP) is -1.73. The van der Waals surface area contributed by atoms with E-state index in [1.165, 1.54) is 12.1 Å². The highest BCUT2D eigenvalue weighted by Crippen LogP contribution is 2.65. The number of phenolic OH excluding ortho intramolecular Hbond substituents is 1. The van der Waals surface area contributed by atoms with E-state index in [1.54, 1.807) is 6.07 Å². The summed E-state index contributed by atoms with van der Waals surface area (Å²) in [7, 11) is 1.88. The maximum absolute atomic E-state index is 13.4. The van der Waals surface area contributed by atoms with Crippen LogP contribution >= 0.6 is 0 Å². The normalized spacial score (nSPS) is 27.8. The van der Waals surface area contributed by atoms with Gasteiger partial charge in [-0.25, -0.2) is 24.0 Å². The number of rotatable bonds is 12. The van der Waals surface area contributed by atoms with Crippen molar-refractivity contribution in [1.82, 2.24) is 4.90 Å². The van der Waals surface area contributed by atoms with Gasteiger partial charge >= 0.3 is 35.8 Å². The van der Waals surface area contributed by atoms with E-state index < -0.39 is 89.9 Å². The van der Waals surface area contributed by atoms with Crippen molar-refractivity contribution in [1.29, 1.82) is 0 Å². The largest absolute Gasteiger partial charge is 0.504 e. The van der Waals surface area contributed by atoms with E-state index in [1.807, 2.05) is 11.9 Å². The number of ether oxygens (including phenoxy) is 5. The molecule has 266 valence electrons. The van der Waals surface area contributed by atoms with Crippen molar-refractivity contribution in [3.63, 3.8) is 0 Å². The predicted molar refractivity (Wildman–Crippen MR) is 156 cm³/mol. The molecule has 1 spiro atoms. The molecule has 9 atom stereocenters. The first-order valence-electron chi connectivity index (χ1n) is 15.2. The summed E-state index contributed by atoms with van der Waals surface area (Å²) in [6.45, 7) is 2.54. The Balaban J connectivity index is 1.38. The molecule has 1 aromatic carbocycles. The Morgan fingerprint density at radius 2 is 1.63 bits per heavy atom. The van der Waals surface area contributed by atoms with E-state index in [9.17, 15) is 49.2 Å². The molecular weight excluding hydrogens is 658 g/mol. The standard InChI is InChI=1S/C31H35NO17/c1-12(25(37)38)45-27(41)13(2)46-28(42)17(48-29(43)22(36)21(35)26(39)40)11-19(34)47-16-6-7-31(44)18-10-14-4-5-15(33)23-20(14)30(31,24(16)49-23)8-9-32(18)3/h4-6,12-13,17-18,21-22,24,33,35-36,44H,7-11H2,1-3H3,(H,37,38)(H,39,40)/t12-,13-,17-,18-,21+,22+,24-,30-,31+/m0/s1. The first-order valence-corrected chi connectivity index (χ1v) is 15.2. The maximum Gasteiger partial charge on any atom is 0.348 e. The first kappa shape index (κ1) is 35.5. The smallest absolute Gasteiger partial charge is 0.348 e. The molecule has 2 bridgehead atoms. The Labute approximate surface area is 277 Å². The molecule has 1 fully saturated rings. The van der Waals surface area contributed by atoms with Crippen molar-refractivity contribution in [3.8, 4) is 11.5 Å². The van der Waals surface area contributed by atoms with Crippen molar-refractivity contribution in [2.24, 2.45) is 0 Å². The molecule has 2 heterocycles. The van der Waals surface area contributed by atoms with Gasteiger partial charge in [0.05, 0.1) is 17.4 Å². The van der Waals surface area contributed by atoms with Crippen molar-refractivity contribution in [3.05, 3.63) is 35.1 Å². The fraction of sp³-hybridized carbons (Fsp3) is 0.548. The summed E-state index contributed by atoms with van der Waals surface area (Å²) in [5, 5.41) is 60.3. The molecule has 0 saturated carbocycles. The molecular formula is C31H35NO17. The fourth-order valence-corrected chi connectivity index (χ4v) is 7.03. The number of nitrogens with zero attached hydrogens (tertiary/aromatic N) is 1. The molecule has 18 nitrogen and oxygen atoms in total. The number of hydrogen-bond donors (Lipinski definition) is 6. The van der Waals surface area contributed by atoms with Gasteiger partial charge in [-0.1, -0.05) is 6.07 Å². The van der Waals surface area contributed by atoms with E-state index in [0.717, 1.165) is 19.4 Å². The minimum absolute atomic E-state index is 0.00708. The number of aliphatic hydroxyl groups excluding tert-OH is 2. The van der Waals surface area contributed by atoms with Gasteiger partial charge in [0.15, 0.2) is 42.0 Å². The maximum atomic E-state index is 13.4. The van der Waals surface area contributed by atoms with E-state index >= 15 is 0 Å². The number of likely N-dealkylation sites (tertiary alicyclic amines) is 1. The van der Waals surface area contributed by atoms with Gasteiger partial charge in [0.1, 0.15) is 5.76 Å². The summed E-state index contributed by atoms with van der Waals surface area (Å²) in [6.07, 6.45) is -11.1. The second kappa shape index (κ2) is 12.9. The molecule has 1 aromatic rings. The van der Waals surface area contributed by atoms with E-state index in [2.05, 4.69) is 4.74 Å². The van der Waals surface area contributed by atoms with Crippen LogP contribution in [0.1, 0.15) is 44.2 Å². The third-order valence-electron chi connectivity index (χ3n) is 9.52. The monoisotopic (exact) mass is 693 g/mol. The van der Waals surface area contributed by atoms with Crippen molar-refractivity contribution >= 4 is 35.8 Å². The van der Waals surface area contributed by atoms with Gasteiger partial charge in [-0.2, -0.15) is 0 Å². The summed E-state index contributed by atoms with van der Waals surface area (Å²) < 4.78 is 26.2. The zero-order valence-electron chi connectivity index (χ0n) is 26.4. The number of phenols is 1. The summed E-state index contributed by atoms with van der Waals surface area (Å²) in [6, 6.07) is 2.87. The van der Waals surface area contributed by atoms with Gasteiger partial charge in [-0.15, -0.1) is 0 Å². The van der Waals surface area contributed by atoms with E-state index in [0.29, 0.717) is 24.9 Å². The van der Waals surface area contributed by atoms with Crippen LogP contribution in [0.25, 0.3) is 0 Å². The average molecular weight is 694 g/mol.